The summed E-state index contributed by atoms with van der Waals surface area (Å²) in [7, 11) is -2.66. The summed E-state index contributed by atoms with van der Waals surface area (Å²) in [6.45, 7) is 2.48. The maximum absolute atomic E-state index is 12.8. The van der Waals surface area contributed by atoms with Gasteiger partial charge in [0.2, 0.25) is 0 Å². The lowest BCUT2D eigenvalue weighted by Crippen LogP contribution is -2.46. The highest BCUT2D eigenvalue weighted by atomic mass is 35.5. The second kappa shape index (κ2) is 17.0. The van der Waals surface area contributed by atoms with Crippen molar-refractivity contribution in [3.8, 4) is 5.75 Å². The molecule has 1 atom stereocenters. The molecule has 0 bridgehead atoms. The van der Waals surface area contributed by atoms with Crippen molar-refractivity contribution in [3.05, 3.63) is 58.6 Å². The molecule has 0 saturated heterocycles. The normalized spacial score (nSPS) is 17.0. The number of rotatable bonds is 14. The molecule has 0 unspecified atom stereocenters. The molecule has 3 amide bonds. The van der Waals surface area contributed by atoms with Gasteiger partial charge in [0.25, 0.3) is 15.9 Å². The van der Waals surface area contributed by atoms with E-state index < -0.39 is 28.1 Å². The van der Waals surface area contributed by atoms with Crippen molar-refractivity contribution in [2.24, 2.45) is 5.73 Å². The molecule has 0 spiro atoms. The molecule has 7 N–H and O–H groups in total. The zero-order valence-corrected chi connectivity index (χ0v) is 26.9. The van der Waals surface area contributed by atoms with Crippen LogP contribution < -0.4 is 31.1 Å². The number of carbonyl (C=O) groups excluding carboxylic acids is 3. The molecule has 1 aliphatic carbocycles. The van der Waals surface area contributed by atoms with E-state index >= 15 is 0 Å². The Kier molecular flexibility index (Phi) is 13.4. The summed E-state index contributed by atoms with van der Waals surface area (Å²) in [6, 6.07) is 8.90. The SMILES string of the molecule is COc1ccc(Cl)cc1C(=O)NCCc1ccc(S(=O)(=O)NC(=O)N[C@H]2CC[C@H](OC(=O)[C@@H](N)CCCNC(C)=N)CC2)cc1. The van der Waals surface area contributed by atoms with E-state index in [9.17, 15) is 22.8 Å². The number of hydrogen-bond acceptors (Lipinski definition) is 9. The molecule has 1 fully saturated rings. The summed E-state index contributed by atoms with van der Waals surface area (Å²) in [4.78, 5) is 37.2. The van der Waals surface area contributed by atoms with Crippen LogP contribution in [0.2, 0.25) is 5.02 Å². The van der Waals surface area contributed by atoms with Crippen molar-refractivity contribution in [2.45, 2.75) is 75.0 Å². The number of urea groups is 1. The number of methoxy groups -OCH3 is 1. The Balaban J connectivity index is 1.39. The van der Waals surface area contributed by atoms with Crippen LogP contribution in [-0.4, -0.2) is 70.5 Å². The number of sulfonamides is 1. The fourth-order valence-corrected chi connectivity index (χ4v) is 5.88. The predicted molar refractivity (Wildman–Crippen MR) is 170 cm³/mol. The van der Waals surface area contributed by atoms with Crippen LogP contribution in [0.4, 0.5) is 4.79 Å². The Morgan fingerprint density at radius 3 is 2.38 bits per heavy atom. The summed E-state index contributed by atoms with van der Waals surface area (Å²) >= 11 is 5.99. The maximum atomic E-state index is 12.8. The first-order valence-corrected chi connectivity index (χ1v) is 16.5. The van der Waals surface area contributed by atoms with E-state index in [-0.39, 0.29) is 22.9 Å². The van der Waals surface area contributed by atoms with Gasteiger partial charge < -0.3 is 31.2 Å². The fraction of sp³-hybridized carbons (Fsp3) is 0.467. The minimum absolute atomic E-state index is 0.0789. The van der Waals surface area contributed by atoms with Gasteiger partial charge in [0, 0.05) is 24.2 Å². The van der Waals surface area contributed by atoms with E-state index in [1.165, 1.54) is 25.3 Å². The number of benzene rings is 2. The first-order valence-electron chi connectivity index (χ1n) is 14.7. The third-order valence-corrected chi connectivity index (χ3v) is 8.83. The average molecular weight is 665 g/mol. The molecule has 0 heterocycles. The summed E-state index contributed by atoms with van der Waals surface area (Å²) in [5, 5.41) is 16.1. The van der Waals surface area contributed by atoms with E-state index in [2.05, 4.69) is 16.0 Å². The van der Waals surface area contributed by atoms with Gasteiger partial charge in [-0.15, -0.1) is 0 Å². The summed E-state index contributed by atoms with van der Waals surface area (Å²) in [5.74, 6) is -0.0767. The highest BCUT2D eigenvalue weighted by Gasteiger charge is 2.28. The number of esters is 1. The third-order valence-electron chi connectivity index (χ3n) is 7.24. The molecule has 2 aromatic carbocycles. The molecule has 15 heteroatoms. The van der Waals surface area contributed by atoms with Gasteiger partial charge in [-0.1, -0.05) is 23.7 Å². The van der Waals surface area contributed by atoms with Gasteiger partial charge in [-0.25, -0.2) is 17.9 Å². The molecule has 0 aromatic heterocycles. The zero-order chi connectivity index (χ0) is 33.0. The zero-order valence-electron chi connectivity index (χ0n) is 25.4. The number of carbonyl (C=O) groups is 3. The van der Waals surface area contributed by atoms with Gasteiger partial charge in [-0.2, -0.15) is 0 Å². The van der Waals surface area contributed by atoms with Crippen molar-refractivity contribution in [2.75, 3.05) is 20.2 Å². The first-order chi connectivity index (χ1) is 21.4. The van der Waals surface area contributed by atoms with Crippen LogP contribution in [0.15, 0.2) is 47.4 Å². The first kappa shape index (κ1) is 35.6. The van der Waals surface area contributed by atoms with Crippen molar-refractivity contribution >= 4 is 45.4 Å². The molecular weight excluding hydrogens is 624 g/mol. The van der Waals surface area contributed by atoms with E-state index in [4.69, 9.17) is 32.2 Å². The quantitative estimate of drug-likeness (QED) is 0.0760. The molecule has 1 aliphatic rings. The van der Waals surface area contributed by atoms with Gasteiger partial charge in [-0.05, 0) is 87.8 Å². The maximum Gasteiger partial charge on any atom is 0.328 e. The average Bonchev–Trinajstić information content (AvgIpc) is 3.00. The number of ether oxygens (including phenoxy) is 2. The Morgan fingerprint density at radius 1 is 1.04 bits per heavy atom. The second-order valence-corrected chi connectivity index (χ2v) is 12.9. The Bertz CT molecular complexity index is 1450. The second-order valence-electron chi connectivity index (χ2n) is 10.8. The number of halogens is 1. The van der Waals surface area contributed by atoms with Crippen LogP contribution in [-0.2, 0) is 26.0 Å². The summed E-state index contributed by atoms with van der Waals surface area (Å²) in [5.41, 5.74) is 7.01. The highest BCUT2D eigenvalue weighted by Crippen LogP contribution is 2.23. The minimum atomic E-state index is -4.12. The predicted octanol–water partition coefficient (Wildman–Crippen LogP) is 2.86. The number of nitrogens with two attached hydrogens (primary N) is 1. The number of amidine groups is 1. The minimum Gasteiger partial charge on any atom is -0.496 e. The van der Waals surface area contributed by atoms with Crippen molar-refractivity contribution in [3.63, 3.8) is 0 Å². The number of hydrogen-bond donors (Lipinski definition) is 6. The van der Waals surface area contributed by atoms with Crippen molar-refractivity contribution < 1.29 is 32.3 Å². The van der Waals surface area contributed by atoms with Crippen LogP contribution in [0.1, 0.15) is 61.4 Å². The molecule has 0 radical (unpaired) electrons. The highest BCUT2D eigenvalue weighted by molar-refractivity contribution is 7.90. The van der Waals surface area contributed by atoms with Gasteiger partial charge in [-0.3, -0.25) is 15.0 Å². The summed E-state index contributed by atoms with van der Waals surface area (Å²) in [6.07, 6.45) is 3.24. The molecule has 45 heavy (non-hydrogen) atoms. The largest absolute Gasteiger partial charge is 0.496 e. The van der Waals surface area contributed by atoms with E-state index in [1.54, 1.807) is 31.2 Å². The smallest absolute Gasteiger partial charge is 0.328 e. The monoisotopic (exact) mass is 664 g/mol. The van der Waals surface area contributed by atoms with Crippen LogP contribution in [0.5, 0.6) is 5.75 Å². The van der Waals surface area contributed by atoms with E-state index in [1.807, 2.05) is 4.72 Å². The van der Waals surface area contributed by atoms with E-state index in [0.29, 0.717) is 80.2 Å². The fourth-order valence-electron chi connectivity index (χ4n) is 4.80. The molecule has 1 saturated carbocycles. The molecule has 3 rings (SSSR count). The molecule has 246 valence electrons. The molecular formula is C30H41ClN6O7S. The lowest BCUT2D eigenvalue weighted by atomic mass is 9.93. The van der Waals surface area contributed by atoms with Gasteiger partial charge >= 0.3 is 12.0 Å². The number of amides is 3. The summed E-state index contributed by atoms with van der Waals surface area (Å²) < 4.78 is 38.3. The van der Waals surface area contributed by atoms with Crippen LogP contribution in [0.25, 0.3) is 0 Å². The van der Waals surface area contributed by atoms with Gasteiger partial charge in [0.1, 0.15) is 17.9 Å². The van der Waals surface area contributed by atoms with Crippen LogP contribution in [0.3, 0.4) is 0 Å². The van der Waals surface area contributed by atoms with Crippen LogP contribution in [0, 0.1) is 5.41 Å². The third kappa shape index (κ3) is 11.5. The Hall–Kier alpha value is -3.88. The van der Waals surface area contributed by atoms with Gasteiger partial charge in [0.15, 0.2) is 0 Å². The lowest BCUT2D eigenvalue weighted by Gasteiger charge is -2.29. The lowest BCUT2D eigenvalue weighted by molar-refractivity contribution is -0.152. The molecule has 0 aliphatic heterocycles. The molecule has 2 aromatic rings. The van der Waals surface area contributed by atoms with E-state index in [0.717, 1.165) is 5.56 Å². The topological polar surface area (TPSA) is 202 Å². The molecule has 13 nitrogen and oxygen atoms in total. The number of nitrogens with one attached hydrogen (secondary N) is 5. The Labute approximate surface area is 268 Å². The van der Waals surface area contributed by atoms with Crippen molar-refractivity contribution in [1.29, 1.82) is 5.41 Å². The Morgan fingerprint density at radius 2 is 1.73 bits per heavy atom. The van der Waals surface area contributed by atoms with Gasteiger partial charge in [0.05, 0.1) is 23.4 Å². The van der Waals surface area contributed by atoms with Crippen LogP contribution >= 0.6 is 11.6 Å². The standard InChI is InChI=1S/C30H41ClN6O7S/c1-19(32)34-16-3-4-26(33)29(39)44-23-10-8-22(9-11-23)36-30(40)37-45(41,42)24-12-5-20(6-13-24)15-17-35-28(38)25-18-21(31)7-14-27(25)43-2/h5-7,12-14,18,22-23,26H,3-4,8-11,15-17,33H2,1-2H3,(H2,32,34)(H,35,38)(H2,36,37,40)/t22-,23-,26-/m0/s1. The van der Waals surface area contributed by atoms with Crippen molar-refractivity contribution in [1.82, 2.24) is 20.7 Å².